The number of amides is 1. The Bertz CT molecular complexity index is 579. The molecule has 1 amide bonds. The van der Waals surface area contributed by atoms with Crippen LogP contribution in [0.5, 0.6) is 0 Å². The Morgan fingerprint density at radius 2 is 1.85 bits per heavy atom. The molecule has 0 radical (unpaired) electrons. The van der Waals surface area contributed by atoms with Crippen LogP contribution in [0.25, 0.3) is 0 Å². The molecule has 0 aliphatic heterocycles. The summed E-state index contributed by atoms with van der Waals surface area (Å²) in [5.41, 5.74) is 9.02. The number of nitrogen functional groups attached to an aromatic ring is 1. The fourth-order valence-electron chi connectivity index (χ4n) is 1.92. The van der Waals surface area contributed by atoms with Gasteiger partial charge in [-0.25, -0.2) is 0 Å². The topological polar surface area (TPSA) is 75.4 Å². The lowest BCUT2D eigenvalue weighted by atomic mass is 10.1. The predicted molar refractivity (Wildman–Crippen MR) is 80.2 cm³/mol. The molecule has 104 valence electrons. The minimum absolute atomic E-state index is 0.00363. The Hall–Kier alpha value is -2.33. The Morgan fingerprint density at radius 1 is 1.10 bits per heavy atom. The molecule has 0 atom stereocenters. The largest absolute Gasteiger partial charge is 0.399 e. The number of aliphatic hydroxyl groups is 1. The molecule has 4 N–H and O–H groups in total. The van der Waals surface area contributed by atoms with Crippen molar-refractivity contribution in [2.75, 3.05) is 11.1 Å². The maximum absolute atomic E-state index is 11.8. The van der Waals surface area contributed by atoms with Crippen LogP contribution in [-0.4, -0.2) is 11.0 Å². The maximum Gasteiger partial charge on any atom is 0.224 e. The highest BCUT2D eigenvalue weighted by molar-refractivity contribution is 5.90. The normalized spacial score (nSPS) is 10.2. The molecule has 2 aromatic rings. The molecular formula is C16H18N2O2. The van der Waals surface area contributed by atoms with Crippen LogP contribution in [0.1, 0.15) is 17.5 Å². The van der Waals surface area contributed by atoms with E-state index in [1.54, 1.807) is 24.3 Å². The van der Waals surface area contributed by atoms with Gasteiger partial charge in [0.2, 0.25) is 5.91 Å². The molecule has 0 bridgehead atoms. The lowest BCUT2D eigenvalue weighted by molar-refractivity contribution is -0.116. The van der Waals surface area contributed by atoms with Gasteiger partial charge in [-0.1, -0.05) is 24.3 Å². The molecule has 0 saturated heterocycles. The first-order chi connectivity index (χ1) is 9.67. The first-order valence-electron chi connectivity index (χ1n) is 6.51. The number of hydrogen-bond acceptors (Lipinski definition) is 3. The summed E-state index contributed by atoms with van der Waals surface area (Å²) in [6.07, 6.45) is 1.07. The van der Waals surface area contributed by atoms with E-state index in [1.165, 1.54) is 0 Å². The van der Waals surface area contributed by atoms with Crippen molar-refractivity contribution in [3.63, 3.8) is 0 Å². The van der Waals surface area contributed by atoms with Gasteiger partial charge in [0.15, 0.2) is 0 Å². The molecule has 0 aliphatic rings. The van der Waals surface area contributed by atoms with Gasteiger partial charge >= 0.3 is 0 Å². The molecule has 4 heteroatoms. The first-order valence-corrected chi connectivity index (χ1v) is 6.51. The third-order valence-electron chi connectivity index (χ3n) is 3.01. The minimum Gasteiger partial charge on any atom is -0.399 e. The number of nitrogens with two attached hydrogens (primary N) is 1. The summed E-state index contributed by atoms with van der Waals surface area (Å²) in [6.45, 7) is 0.00363. The fraction of sp³-hybridized carbons (Fsp3) is 0.188. The summed E-state index contributed by atoms with van der Waals surface area (Å²) in [5.74, 6) is -0.0378. The van der Waals surface area contributed by atoms with Gasteiger partial charge in [0.1, 0.15) is 0 Å². The van der Waals surface area contributed by atoms with Crippen molar-refractivity contribution in [3.05, 3.63) is 59.7 Å². The van der Waals surface area contributed by atoms with E-state index in [0.29, 0.717) is 18.5 Å². The smallest absolute Gasteiger partial charge is 0.224 e. The van der Waals surface area contributed by atoms with Crippen LogP contribution in [0.3, 0.4) is 0 Å². The van der Waals surface area contributed by atoms with Gasteiger partial charge in [0.05, 0.1) is 6.61 Å². The van der Waals surface area contributed by atoms with E-state index in [1.807, 2.05) is 24.3 Å². The molecule has 0 aromatic heterocycles. The Morgan fingerprint density at radius 3 is 2.50 bits per heavy atom. The zero-order chi connectivity index (χ0) is 14.4. The zero-order valence-electron chi connectivity index (χ0n) is 11.2. The Labute approximate surface area is 118 Å². The molecular weight excluding hydrogens is 252 g/mol. The van der Waals surface area contributed by atoms with Gasteiger partial charge in [-0.15, -0.1) is 0 Å². The van der Waals surface area contributed by atoms with Crippen LogP contribution < -0.4 is 11.1 Å². The van der Waals surface area contributed by atoms with Crippen LogP contribution in [0.15, 0.2) is 48.5 Å². The molecule has 20 heavy (non-hydrogen) atoms. The molecule has 2 aromatic carbocycles. The summed E-state index contributed by atoms with van der Waals surface area (Å²) >= 11 is 0. The lowest BCUT2D eigenvalue weighted by Gasteiger charge is -2.06. The number of carbonyl (C=O) groups is 1. The SMILES string of the molecule is Nc1cccc(CCC(=O)Nc2ccc(CO)cc2)c1. The second-order valence-electron chi connectivity index (χ2n) is 4.65. The van der Waals surface area contributed by atoms with Crippen molar-refractivity contribution >= 4 is 17.3 Å². The number of aliphatic hydroxyl groups excluding tert-OH is 1. The third-order valence-corrected chi connectivity index (χ3v) is 3.01. The summed E-state index contributed by atoms with van der Waals surface area (Å²) in [6, 6.07) is 14.7. The van der Waals surface area contributed by atoms with Crippen LogP contribution in [0.4, 0.5) is 11.4 Å². The van der Waals surface area contributed by atoms with E-state index in [4.69, 9.17) is 10.8 Å². The van der Waals surface area contributed by atoms with Crippen molar-refractivity contribution in [2.24, 2.45) is 0 Å². The number of aryl methyl sites for hydroxylation is 1. The summed E-state index contributed by atoms with van der Waals surface area (Å²) in [5, 5.41) is 11.8. The van der Waals surface area contributed by atoms with Gasteiger partial charge in [0.25, 0.3) is 0 Å². The van der Waals surface area contributed by atoms with Crippen LogP contribution in [0, 0.1) is 0 Å². The van der Waals surface area contributed by atoms with Gasteiger partial charge in [-0.3, -0.25) is 4.79 Å². The van der Waals surface area contributed by atoms with Crippen LogP contribution in [0.2, 0.25) is 0 Å². The molecule has 0 aliphatic carbocycles. The van der Waals surface area contributed by atoms with Crippen molar-refractivity contribution in [1.29, 1.82) is 0 Å². The quantitative estimate of drug-likeness (QED) is 0.730. The van der Waals surface area contributed by atoms with Crippen molar-refractivity contribution < 1.29 is 9.90 Å². The summed E-state index contributed by atoms with van der Waals surface area (Å²) in [4.78, 5) is 11.8. The van der Waals surface area contributed by atoms with Gasteiger partial charge < -0.3 is 16.2 Å². The van der Waals surface area contributed by atoms with Crippen LogP contribution in [-0.2, 0) is 17.8 Å². The standard InChI is InChI=1S/C16H18N2O2/c17-14-3-1-2-12(10-14)6-9-16(20)18-15-7-4-13(11-19)5-8-15/h1-5,7-8,10,19H,6,9,11,17H2,(H,18,20). The van der Waals surface area contributed by atoms with E-state index < -0.39 is 0 Å². The van der Waals surface area contributed by atoms with Crippen molar-refractivity contribution in [3.8, 4) is 0 Å². The second kappa shape index (κ2) is 6.73. The number of hydrogen-bond donors (Lipinski definition) is 3. The first kappa shape index (κ1) is 14.1. The van der Waals surface area contributed by atoms with Gasteiger partial charge in [-0.05, 0) is 41.8 Å². The average Bonchev–Trinajstić information content (AvgIpc) is 2.46. The van der Waals surface area contributed by atoms with Gasteiger partial charge in [-0.2, -0.15) is 0 Å². The van der Waals surface area contributed by atoms with Gasteiger partial charge in [0, 0.05) is 17.8 Å². The Kier molecular flexibility index (Phi) is 4.74. The highest BCUT2D eigenvalue weighted by Crippen LogP contribution is 2.12. The highest BCUT2D eigenvalue weighted by atomic mass is 16.3. The number of carbonyl (C=O) groups excluding carboxylic acids is 1. The number of rotatable bonds is 5. The number of nitrogens with one attached hydrogen (secondary N) is 1. The number of anilines is 2. The predicted octanol–water partition coefficient (Wildman–Crippen LogP) is 2.33. The molecule has 0 heterocycles. The van der Waals surface area contributed by atoms with E-state index >= 15 is 0 Å². The monoisotopic (exact) mass is 270 g/mol. The lowest BCUT2D eigenvalue weighted by Crippen LogP contribution is -2.12. The van der Waals surface area contributed by atoms with Crippen molar-refractivity contribution in [1.82, 2.24) is 0 Å². The minimum atomic E-state index is -0.0378. The van der Waals surface area contributed by atoms with E-state index in [2.05, 4.69) is 5.32 Å². The van der Waals surface area contributed by atoms with E-state index in [-0.39, 0.29) is 12.5 Å². The van der Waals surface area contributed by atoms with E-state index in [9.17, 15) is 4.79 Å². The highest BCUT2D eigenvalue weighted by Gasteiger charge is 2.03. The zero-order valence-corrected chi connectivity index (χ0v) is 11.2. The summed E-state index contributed by atoms with van der Waals surface area (Å²) < 4.78 is 0. The fourth-order valence-corrected chi connectivity index (χ4v) is 1.92. The Balaban J connectivity index is 1.85. The number of benzene rings is 2. The average molecular weight is 270 g/mol. The summed E-state index contributed by atoms with van der Waals surface area (Å²) in [7, 11) is 0. The second-order valence-corrected chi connectivity index (χ2v) is 4.65. The van der Waals surface area contributed by atoms with E-state index in [0.717, 1.165) is 16.8 Å². The molecule has 0 fully saturated rings. The molecule has 0 saturated carbocycles. The van der Waals surface area contributed by atoms with Crippen LogP contribution >= 0.6 is 0 Å². The molecule has 2 rings (SSSR count). The maximum atomic E-state index is 11.8. The third kappa shape index (κ3) is 4.10. The van der Waals surface area contributed by atoms with Crippen molar-refractivity contribution in [2.45, 2.75) is 19.4 Å². The molecule has 0 unspecified atom stereocenters. The molecule has 0 spiro atoms. The molecule has 4 nitrogen and oxygen atoms in total.